The highest BCUT2D eigenvalue weighted by Crippen LogP contribution is 2.64. The van der Waals surface area contributed by atoms with Gasteiger partial charge in [0.15, 0.2) is 0 Å². The average molecular weight is 391 g/mol. The molecule has 1 radical (unpaired) electrons. The van der Waals surface area contributed by atoms with Crippen molar-refractivity contribution >= 4 is 14.9 Å². The summed E-state index contributed by atoms with van der Waals surface area (Å²) in [4.78, 5) is 15.0. The summed E-state index contributed by atoms with van der Waals surface area (Å²) in [6.45, 7) is 12.4. The third-order valence-electron chi connectivity index (χ3n) is 5.73. The van der Waals surface area contributed by atoms with Crippen molar-refractivity contribution in [2.45, 2.75) is 52.9 Å². The van der Waals surface area contributed by atoms with Gasteiger partial charge in [0.1, 0.15) is 11.5 Å². The first-order valence-electron chi connectivity index (χ1n) is 9.59. The van der Waals surface area contributed by atoms with Gasteiger partial charge in [0, 0.05) is 36.1 Å². The average Bonchev–Trinajstić information content (AvgIpc) is 3.26. The number of hydrogen-bond donors (Lipinski definition) is 0. The molecule has 1 saturated heterocycles. The topological polar surface area (TPSA) is 48.0 Å². The molecule has 1 saturated carbocycles. The maximum absolute atomic E-state index is 13.0. The summed E-state index contributed by atoms with van der Waals surface area (Å²) in [5.74, 6) is 1.87. The van der Waals surface area contributed by atoms with E-state index in [0.29, 0.717) is 6.54 Å². The normalized spacial score (nSPS) is 25.6. The first-order valence-corrected chi connectivity index (χ1v) is 12.0. The van der Waals surface area contributed by atoms with Gasteiger partial charge in [0.25, 0.3) is 0 Å². The summed E-state index contributed by atoms with van der Waals surface area (Å²) >= 11 is 0. The molecular weight excluding hydrogens is 358 g/mol. The molecule has 2 aliphatic rings. The summed E-state index contributed by atoms with van der Waals surface area (Å²) in [5, 5.41) is 0. The van der Waals surface area contributed by atoms with Crippen LogP contribution in [-0.4, -0.2) is 46.7 Å². The second-order valence-electron chi connectivity index (χ2n) is 9.13. The highest BCUT2D eigenvalue weighted by molar-refractivity contribution is 6.48. The molecule has 3 atom stereocenters. The number of methoxy groups -OCH3 is 2. The molecule has 1 aliphatic heterocycles. The number of ether oxygens (including phenoxy) is 2. The zero-order valence-corrected chi connectivity index (χ0v) is 18.6. The summed E-state index contributed by atoms with van der Waals surface area (Å²) < 4.78 is 17.2. The van der Waals surface area contributed by atoms with Crippen LogP contribution >= 0.6 is 0 Å². The van der Waals surface area contributed by atoms with E-state index in [1.807, 2.05) is 23.1 Å². The summed E-state index contributed by atoms with van der Waals surface area (Å²) in [7, 11) is 2.45. The molecule has 1 heterocycles. The van der Waals surface area contributed by atoms with Crippen molar-refractivity contribution < 1.29 is 18.7 Å². The standard InChI is InChI=1S/C21H32NO4Si/c1-20(2,3)19(26-27(6)7)21-11-16(21)18(23)22(13-21)12-14-8-9-15(24-4)10-17(14)25-5/h8-10,16,19H,11-13H2,1-7H3. The van der Waals surface area contributed by atoms with Crippen LogP contribution in [-0.2, 0) is 15.8 Å². The zero-order valence-electron chi connectivity index (χ0n) is 17.6. The number of fused-ring (bicyclic) bond motifs is 1. The second-order valence-corrected chi connectivity index (χ2v) is 11.2. The minimum absolute atomic E-state index is 0.0186. The Morgan fingerprint density at radius 1 is 1.26 bits per heavy atom. The van der Waals surface area contributed by atoms with Gasteiger partial charge in [0.05, 0.1) is 20.3 Å². The lowest BCUT2D eigenvalue weighted by atomic mass is 9.78. The molecule has 2 fully saturated rings. The summed E-state index contributed by atoms with van der Waals surface area (Å²) in [5.41, 5.74) is 0.994. The smallest absolute Gasteiger partial charge is 0.226 e. The van der Waals surface area contributed by atoms with Crippen LogP contribution < -0.4 is 9.47 Å². The molecule has 1 aromatic rings. The van der Waals surface area contributed by atoms with E-state index in [-0.39, 0.29) is 28.8 Å². The van der Waals surface area contributed by atoms with Crippen LogP contribution in [0.25, 0.3) is 0 Å². The van der Waals surface area contributed by atoms with Gasteiger partial charge in [-0.25, -0.2) is 0 Å². The van der Waals surface area contributed by atoms with Gasteiger partial charge in [-0.05, 0) is 37.1 Å². The van der Waals surface area contributed by atoms with Crippen LogP contribution in [0.5, 0.6) is 11.5 Å². The second kappa shape index (κ2) is 7.13. The zero-order chi connectivity index (χ0) is 20.0. The Balaban J connectivity index is 1.80. The fraction of sp³-hybridized carbons (Fsp3) is 0.667. The number of rotatable bonds is 7. The molecule has 0 spiro atoms. The number of carbonyl (C=O) groups excluding carboxylic acids is 1. The molecule has 1 amide bonds. The van der Waals surface area contributed by atoms with E-state index in [4.69, 9.17) is 13.9 Å². The number of hydrogen-bond acceptors (Lipinski definition) is 4. The quantitative estimate of drug-likeness (QED) is 0.666. The largest absolute Gasteiger partial charge is 0.497 e. The SMILES string of the molecule is COc1ccc(CN2CC3(C(O[Si](C)C)C(C)(C)C)CC3C2=O)c(OC)c1. The Hall–Kier alpha value is -1.53. The summed E-state index contributed by atoms with van der Waals surface area (Å²) in [6, 6.07) is 5.77. The number of carbonyl (C=O) groups is 1. The van der Waals surface area contributed by atoms with E-state index < -0.39 is 9.04 Å². The maximum Gasteiger partial charge on any atom is 0.226 e. The van der Waals surface area contributed by atoms with Crippen molar-refractivity contribution in [3.8, 4) is 11.5 Å². The van der Waals surface area contributed by atoms with E-state index >= 15 is 0 Å². The lowest BCUT2D eigenvalue weighted by Crippen LogP contribution is -2.43. The van der Waals surface area contributed by atoms with Crippen molar-refractivity contribution in [3.63, 3.8) is 0 Å². The minimum Gasteiger partial charge on any atom is -0.497 e. The predicted octanol–water partition coefficient (Wildman–Crippen LogP) is 3.73. The van der Waals surface area contributed by atoms with Crippen molar-refractivity contribution in [1.82, 2.24) is 4.90 Å². The van der Waals surface area contributed by atoms with Crippen molar-refractivity contribution in [3.05, 3.63) is 23.8 Å². The van der Waals surface area contributed by atoms with E-state index in [2.05, 4.69) is 33.9 Å². The molecular formula is C21H32NO4Si. The molecule has 6 heteroatoms. The molecule has 1 aliphatic carbocycles. The Morgan fingerprint density at radius 2 is 1.96 bits per heavy atom. The molecule has 0 aromatic heterocycles. The Labute approximate surface area is 164 Å². The lowest BCUT2D eigenvalue weighted by molar-refractivity contribution is -0.130. The van der Waals surface area contributed by atoms with Crippen LogP contribution in [0.2, 0.25) is 13.1 Å². The number of nitrogens with zero attached hydrogens (tertiary/aromatic N) is 1. The number of likely N-dealkylation sites (tertiary alicyclic amines) is 1. The van der Waals surface area contributed by atoms with Crippen LogP contribution in [0.3, 0.4) is 0 Å². The van der Waals surface area contributed by atoms with Crippen molar-refractivity contribution in [2.75, 3.05) is 20.8 Å². The van der Waals surface area contributed by atoms with Crippen molar-refractivity contribution in [2.24, 2.45) is 16.7 Å². The van der Waals surface area contributed by atoms with Crippen molar-refractivity contribution in [1.29, 1.82) is 0 Å². The Bertz CT molecular complexity index is 715. The Kier molecular flexibility index (Phi) is 5.34. The highest BCUT2D eigenvalue weighted by atomic mass is 28.3. The minimum atomic E-state index is -0.838. The predicted molar refractivity (Wildman–Crippen MR) is 107 cm³/mol. The first-order chi connectivity index (χ1) is 12.6. The van der Waals surface area contributed by atoms with E-state index in [1.165, 1.54) is 0 Å². The first kappa shape index (κ1) is 20.2. The number of piperidine rings is 1. The number of benzene rings is 1. The molecule has 149 valence electrons. The number of amides is 1. The van der Waals surface area contributed by atoms with Gasteiger partial charge in [-0.1, -0.05) is 20.8 Å². The third-order valence-corrected chi connectivity index (χ3v) is 6.44. The van der Waals surface area contributed by atoms with Gasteiger partial charge >= 0.3 is 0 Å². The van der Waals surface area contributed by atoms with E-state index in [0.717, 1.165) is 30.0 Å². The molecule has 27 heavy (non-hydrogen) atoms. The van der Waals surface area contributed by atoms with Crippen LogP contribution in [0.1, 0.15) is 32.8 Å². The molecule has 0 bridgehead atoms. The lowest BCUT2D eigenvalue weighted by Gasteiger charge is -2.38. The van der Waals surface area contributed by atoms with Crippen LogP contribution in [0.4, 0.5) is 0 Å². The molecule has 5 nitrogen and oxygen atoms in total. The molecule has 0 N–H and O–H groups in total. The summed E-state index contributed by atoms with van der Waals surface area (Å²) in [6.07, 6.45) is 1.07. The molecule has 1 aromatic carbocycles. The van der Waals surface area contributed by atoms with Crippen LogP contribution in [0.15, 0.2) is 18.2 Å². The third kappa shape index (κ3) is 3.74. The van der Waals surface area contributed by atoms with E-state index in [1.54, 1.807) is 14.2 Å². The van der Waals surface area contributed by atoms with Gasteiger partial charge in [0.2, 0.25) is 14.9 Å². The van der Waals surface area contributed by atoms with Gasteiger partial charge < -0.3 is 18.8 Å². The fourth-order valence-electron chi connectivity index (χ4n) is 4.57. The Morgan fingerprint density at radius 3 is 2.52 bits per heavy atom. The monoisotopic (exact) mass is 390 g/mol. The van der Waals surface area contributed by atoms with Gasteiger partial charge in [-0.3, -0.25) is 4.79 Å². The van der Waals surface area contributed by atoms with Gasteiger partial charge in [-0.15, -0.1) is 0 Å². The maximum atomic E-state index is 13.0. The van der Waals surface area contributed by atoms with Crippen LogP contribution in [0, 0.1) is 16.7 Å². The molecule has 3 unspecified atom stereocenters. The fourth-order valence-corrected chi connectivity index (χ4v) is 5.63. The van der Waals surface area contributed by atoms with Gasteiger partial charge in [-0.2, -0.15) is 0 Å². The van der Waals surface area contributed by atoms with E-state index in [9.17, 15) is 4.79 Å². The molecule has 3 rings (SSSR count). The highest BCUT2D eigenvalue weighted by Gasteiger charge is 2.70.